The summed E-state index contributed by atoms with van der Waals surface area (Å²) in [4.78, 5) is 1.32. The molecular formula is C25H17N2S+. The zero-order valence-electron chi connectivity index (χ0n) is 15.7. The van der Waals surface area contributed by atoms with Gasteiger partial charge < -0.3 is 4.40 Å². The van der Waals surface area contributed by atoms with Gasteiger partial charge in [-0.05, 0) is 41.5 Å². The van der Waals surface area contributed by atoms with Gasteiger partial charge in [0.2, 0.25) is 5.52 Å². The monoisotopic (exact) mass is 377 g/mol. The molecule has 0 N–H and O–H groups in total. The predicted octanol–water partition coefficient (Wildman–Crippen LogP) is 6.34. The highest BCUT2D eigenvalue weighted by molar-refractivity contribution is 7.16. The highest BCUT2D eigenvalue weighted by Crippen LogP contribution is 2.42. The minimum absolute atomic E-state index is 1.29. The number of para-hydroxylation sites is 1. The molecule has 0 spiro atoms. The highest BCUT2D eigenvalue weighted by atomic mass is 32.1. The Hall–Kier alpha value is -3.17. The van der Waals surface area contributed by atoms with Crippen LogP contribution in [0.25, 0.3) is 59.2 Å². The number of nitrogens with zero attached hydrogens (tertiary/aromatic N) is 2. The normalized spacial score (nSPS) is 12.6. The predicted molar refractivity (Wildman–Crippen MR) is 120 cm³/mol. The van der Waals surface area contributed by atoms with E-state index in [0.717, 1.165) is 0 Å². The standard InChI is InChI=1S/C25H17N2S/c1-14-7-8-15-9-10-18-17-5-3-4-6-19(17)27-20-13-16-11-12-28-25(16)26(2)24(20)21(14)22(15)23(18)27/h3-13H,1-2H3/q+1. The van der Waals surface area contributed by atoms with Gasteiger partial charge in [0.15, 0.2) is 0 Å². The molecule has 0 amide bonds. The summed E-state index contributed by atoms with van der Waals surface area (Å²) in [5.74, 6) is 0. The lowest BCUT2D eigenvalue weighted by atomic mass is 9.97. The lowest BCUT2D eigenvalue weighted by Gasteiger charge is -2.13. The summed E-state index contributed by atoms with van der Waals surface area (Å²) >= 11 is 1.82. The lowest BCUT2D eigenvalue weighted by molar-refractivity contribution is -0.614. The van der Waals surface area contributed by atoms with Crippen LogP contribution in [0.15, 0.2) is 66.0 Å². The molecule has 2 nitrogen and oxygen atoms in total. The van der Waals surface area contributed by atoms with Crippen molar-refractivity contribution in [3.8, 4) is 0 Å². The first-order chi connectivity index (χ1) is 13.7. The number of thiophene rings is 1. The van der Waals surface area contributed by atoms with Crippen molar-refractivity contribution in [1.29, 1.82) is 0 Å². The number of rotatable bonds is 0. The molecular weight excluding hydrogens is 360 g/mol. The van der Waals surface area contributed by atoms with Crippen molar-refractivity contribution in [2.45, 2.75) is 6.92 Å². The fourth-order valence-electron chi connectivity index (χ4n) is 5.17. The second kappa shape index (κ2) is 4.81. The minimum atomic E-state index is 1.29. The van der Waals surface area contributed by atoms with E-state index < -0.39 is 0 Å². The van der Waals surface area contributed by atoms with E-state index in [-0.39, 0.29) is 0 Å². The molecule has 0 saturated heterocycles. The van der Waals surface area contributed by atoms with Crippen molar-refractivity contribution in [3.05, 3.63) is 71.6 Å². The van der Waals surface area contributed by atoms with Crippen LogP contribution in [0.4, 0.5) is 0 Å². The van der Waals surface area contributed by atoms with E-state index in [1.807, 2.05) is 11.3 Å². The van der Waals surface area contributed by atoms with Crippen LogP contribution in [0, 0.1) is 6.92 Å². The van der Waals surface area contributed by atoms with E-state index in [1.54, 1.807) is 0 Å². The SMILES string of the molecule is Cc1ccc2ccc3c4ccccc4n4c5cc6ccsc6[n+](C)c5c1c2c34. The molecule has 0 saturated carbocycles. The van der Waals surface area contributed by atoms with Crippen molar-refractivity contribution < 1.29 is 4.57 Å². The van der Waals surface area contributed by atoms with E-state index in [1.165, 1.54) is 64.8 Å². The van der Waals surface area contributed by atoms with Crippen molar-refractivity contribution in [2.75, 3.05) is 0 Å². The first-order valence-electron chi connectivity index (χ1n) is 9.60. The van der Waals surface area contributed by atoms with Gasteiger partial charge in [0.05, 0.1) is 21.8 Å². The van der Waals surface area contributed by atoms with Crippen LogP contribution >= 0.6 is 11.3 Å². The van der Waals surface area contributed by atoms with Crippen LogP contribution in [-0.4, -0.2) is 4.40 Å². The molecule has 0 radical (unpaired) electrons. The van der Waals surface area contributed by atoms with E-state index >= 15 is 0 Å². The van der Waals surface area contributed by atoms with Gasteiger partial charge in [-0.25, -0.2) is 0 Å². The third-order valence-corrected chi connectivity index (χ3v) is 7.36. The van der Waals surface area contributed by atoms with Gasteiger partial charge in [0.1, 0.15) is 12.6 Å². The summed E-state index contributed by atoms with van der Waals surface area (Å²) in [5, 5.41) is 10.2. The Labute approximate surface area is 165 Å². The van der Waals surface area contributed by atoms with Gasteiger partial charge in [0.25, 0.3) is 4.83 Å². The molecule has 0 atom stereocenters. The van der Waals surface area contributed by atoms with Crippen molar-refractivity contribution >= 4 is 70.6 Å². The molecule has 0 fully saturated rings. The number of hydrogen-bond acceptors (Lipinski definition) is 1. The van der Waals surface area contributed by atoms with Crippen molar-refractivity contribution in [1.82, 2.24) is 4.40 Å². The molecule has 0 aliphatic heterocycles. The van der Waals surface area contributed by atoms with E-state index in [0.29, 0.717) is 0 Å². The Morgan fingerprint density at radius 2 is 1.68 bits per heavy atom. The summed E-state index contributed by atoms with van der Waals surface area (Å²) in [6.07, 6.45) is 0. The summed E-state index contributed by atoms with van der Waals surface area (Å²) in [6.45, 7) is 2.24. The molecule has 3 aromatic carbocycles. The number of aromatic nitrogens is 2. The minimum Gasteiger partial charge on any atom is -0.303 e. The molecule has 4 aromatic heterocycles. The number of aryl methyl sites for hydroxylation is 2. The van der Waals surface area contributed by atoms with Crippen LogP contribution in [0.5, 0.6) is 0 Å². The Kier molecular flexibility index (Phi) is 2.55. The fraction of sp³-hybridized carbons (Fsp3) is 0.0800. The van der Waals surface area contributed by atoms with E-state index in [4.69, 9.17) is 0 Å². The van der Waals surface area contributed by atoms with E-state index in [9.17, 15) is 0 Å². The Balaban J connectivity index is 2.01. The molecule has 0 unspecified atom stereocenters. The number of pyridine rings is 2. The fourth-order valence-corrected chi connectivity index (χ4v) is 6.03. The van der Waals surface area contributed by atoms with Gasteiger partial charge in [0, 0.05) is 16.2 Å². The van der Waals surface area contributed by atoms with Gasteiger partial charge in [-0.2, -0.15) is 4.57 Å². The third-order valence-electron chi connectivity index (χ3n) is 6.35. The largest absolute Gasteiger partial charge is 0.303 e. The molecule has 0 aliphatic rings. The van der Waals surface area contributed by atoms with Gasteiger partial charge in [-0.3, -0.25) is 0 Å². The molecule has 0 aliphatic carbocycles. The van der Waals surface area contributed by atoms with Gasteiger partial charge in [-0.15, -0.1) is 0 Å². The summed E-state index contributed by atoms with van der Waals surface area (Å²) in [6, 6.07) is 22.5. The van der Waals surface area contributed by atoms with Crippen LogP contribution < -0.4 is 4.57 Å². The van der Waals surface area contributed by atoms with Crippen molar-refractivity contribution in [3.63, 3.8) is 0 Å². The molecule has 28 heavy (non-hydrogen) atoms. The maximum absolute atomic E-state index is 2.49. The zero-order valence-corrected chi connectivity index (χ0v) is 16.5. The number of hydrogen-bond donors (Lipinski definition) is 0. The smallest absolute Gasteiger partial charge is 0.269 e. The van der Waals surface area contributed by atoms with Crippen LogP contribution in [0.3, 0.4) is 0 Å². The van der Waals surface area contributed by atoms with E-state index in [2.05, 4.69) is 89.0 Å². The summed E-state index contributed by atoms with van der Waals surface area (Å²) < 4.78 is 4.89. The molecule has 3 heteroatoms. The van der Waals surface area contributed by atoms with Crippen LogP contribution in [0.1, 0.15) is 5.56 Å². The molecule has 0 bridgehead atoms. The Bertz CT molecular complexity index is 1730. The summed E-state index contributed by atoms with van der Waals surface area (Å²) in [5.41, 5.74) is 6.57. The molecule has 4 heterocycles. The van der Waals surface area contributed by atoms with Crippen molar-refractivity contribution in [2.24, 2.45) is 7.05 Å². The number of benzene rings is 3. The highest BCUT2D eigenvalue weighted by Gasteiger charge is 2.25. The number of fused-ring (bicyclic) bond motifs is 7. The lowest BCUT2D eigenvalue weighted by Crippen LogP contribution is -2.30. The maximum Gasteiger partial charge on any atom is 0.269 e. The van der Waals surface area contributed by atoms with Crippen LogP contribution in [-0.2, 0) is 7.05 Å². The summed E-state index contributed by atoms with van der Waals surface area (Å²) in [7, 11) is 2.22. The van der Waals surface area contributed by atoms with Gasteiger partial charge >= 0.3 is 0 Å². The topological polar surface area (TPSA) is 8.29 Å². The second-order valence-electron chi connectivity index (χ2n) is 7.79. The average Bonchev–Trinajstić information content (AvgIpc) is 3.31. The second-order valence-corrected chi connectivity index (χ2v) is 8.68. The Morgan fingerprint density at radius 3 is 2.61 bits per heavy atom. The maximum atomic E-state index is 2.49. The average molecular weight is 377 g/mol. The first-order valence-corrected chi connectivity index (χ1v) is 10.5. The Morgan fingerprint density at radius 1 is 0.821 bits per heavy atom. The zero-order chi connectivity index (χ0) is 18.6. The third kappa shape index (κ3) is 1.55. The molecule has 132 valence electrons. The molecule has 7 aromatic rings. The quantitative estimate of drug-likeness (QED) is 0.166. The first kappa shape index (κ1) is 14.8. The van der Waals surface area contributed by atoms with Crippen LogP contribution in [0.2, 0.25) is 0 Å². The molecule has 7 rings (SSSR count). The van der Waals surface area contributed by atoms with Gasteiger partial charge in [-0.1, -0.05) is 53.8 Å².